The lowest BCUT2D eigenvalue weighted by Gasteiger charge is -2.31. The van der Waals surface area contributed by atoms with E-state index in [4.69, 9.17) is 9.84 Å². The molecule has 1 aromatic carbocycles. The Balaban J connectivity index is 1.72. The Labute approximate surface area is 173 Å². The highest BCUT2D eigenvalue weighted by molar-refractivity contribution is 5.91. The molecule has 2 aliphatic rings. The van der Waals surface area contributed by atoms with Gasteiger partial charge in [0.25, 0.3) is 5.56 Å². The van der Waals surface area contributed by atoms with Crippen LogP contribution in [0.3, 0.4) is 0 Å². The smallest absolute Gasteiger partial charge is 0.409 e. The Hall–Kier alpha value is -3.79. The molecule has 9 nitrogen and oxygen atoms in total. The maximum Gasteiger partial charge on any atom is 0.409 e. The van der Waals surface area contributed by atoms with Crippen LogP contribution in [0.4, 0.5) is 14.9 Å². The minimum absolute atomic E-state index is 0.0320. The number of hydrogen-bond acceptors (Lipinski definition) is 6. The quantitative estimate of drug-likeness (QED) is 0.420. The number of esters is 1. The van der Waals surface area contributed by atoms with Crippen molar-refractivity contribution >= 4 is 28.7 Å². The first-order chi connectivity index (χ1) is 14.7. The first-order valence-corrected chi connectivity index (χ1v) is 9.53. The normalized spacial score (nSPS) is 18.9. The van der Waals surface area contributed by atoms with E-state index < -0.39 is 29.0 Å². The van der Waals surface area contributed by atoms with E-state index in [-0.39, 0.29) is 41.9 Å². The molecule has 2 aromatic heterocycles. The van der Waals surface area contributed by atoms with Gasteiger partial charge < -0.3 is 19.5 Å². The van der Waals surface area contributed by atoms with E-state index in [0.29, 0.717) is 22.3 Å². The minimum Gasteiger partial charge on any atom is -0.465 e. The van der Waals surface area contributed by atoms with Crippen molar-refractivity contribution in [2.24, 2.45) is 0 Å². The van der Waals surface area contributed by atoms with Crippen molar-refractivity contribution in [1.82, 2.24) is 9.55 Å². The predicted molar refractivity (Wildman–Crippen MR) is 106 cm³/mol. The molecule has 10 heteroatoms. The number of pyridine rings is 2. The number of halogens is 1. The molecule has 3 N–H and O–H groups in total. The molecule has 0 saturated heterocycles. The zero-order chi connectivity index (χ0) is 22.1. The summed E-state index contributed by atoms with van der Waals surface area (Å²) in [6, 6.07) is 5.73. The van der Waals surface area contributed by atoms with Gasteiger partial charge in [0.05, 0.1) is 34.7 Å². The Morgan fingerprint density at radius 1 is 1.32 bits per heavy atom. The topological polar surface area (TPSA) is 131 Å². The maximum absolute atomic E-state index is 14.3. The second-order valence-electron chi connectivity index (χ2n) is 7.55. The molecular weight excluding hydrogens is 409 g/mol. The number of aromatic nitrogens is 2. The SMILES string of the molecule is CC[C@@]1(O)C(=O)OCc2c1cc1n(c2=O)Cc2cc3cc(NC(=O)O)c(F)cc3nc2-1. The number of carbonyl (C=O) groups is 2. The number of carbonyl (C=O) groups excluding carboxylic acids is 1. The van der Waals surface area contributed by atoms with Crippen LogP contribution >= 0.6 is 0 Å². The van der Waals surface area contributed by atoms with E-state index in [1.807, 2.05) is 5.32 Å². The summed E-state index contributed by atoms with van der Waals surface area (Å²) < 4.78 is 20.8. The molecule has 0 spiro atoms. The number of aliphatic hydroxyl groups is 1. The average Bonchev–Trinajstić information content (AvgIpc) is 3.08. The number of benzene rings is 1. The summed E-state index contributed by atoms with van der Waals surface area (Å²) in [5.41, 5.74) is -0.317. The zero-order valence-corrected chi connectivity index (χ0v) is 16.2. The Bertz CT molecular complexity index is 1380. The van der Waals surface area contributed by atoms with Gasteiger partial charge in [0, 0.05) is 22.6 Å². The van der Waals surface area contributed by atoms with Gasteiger partial charge in [-0.3, -0.25) is 10.1 Å². The van der Waals surface area contributed by atoms with Gasteiger partial charge in [-0.1, -0.05) is 6.92 Å². The predicted octanol–water partition coefficient (Wildman–Crippen LogP) is 2.31. The third-order valence-electron chi connectivity index (χ3n) is 5.84. The molecule has 1 atom stereocenters. The van der Waals surface area contributed by atoms with Crippen LogP contribution in [0.5, 0.6) is 0 Å². The van der Waals surface area contributed by atoms with Crippen LogP contribution in [0, 0.1) is 5.82 Å². The van der Waals surface area contributed by atoms with Gasteiger partial charge in [-0.15, -0.1) is 0 Å². The van der Waals surface area contributed by atoms with Crippen molar-refractivity contribution in [3.63, 3.8) is 0 Å². The molecule has 0 unspecified atom stereocenters. The van der Waals surface area contributed by atoms with Crippen molar-refractivity contribution in [3.05, 3.63) is 57.1 Å². The van der Waals surface area contributed by atoms with Crippen LogP contribution in [-0.4, -0.2) is 31.8 Å². The number of cyclic esters (lactones) is 1. The van der Waals surface area contributed by atoms with E-state index in [1.165, 1.54) is 10.6 Å². The summed E-state index contributed by atoms with van der Waals surface area (Å²) in [4.78, 5) is 40.7. The highest BCUT2D eigenvalue weighted by Gasteiger charge is 2.45. The van der Waals surface area contributed by atoms with Crippen LogP contribution < -0.4 is 10.9 Å². The van der Waals surface area contributed by atoms with Gasteiger partial charge in [-0.25, -0.2) is 19.0 Å². The fraction of sp³-hybridized carbons (Fsp3) is 0.238. The molecule has 3 aromatic rings. The largest absolute Gasteiger partial charge is 0.465 e. The van der Waals surface area contributed by atoms with Crippen molar-refractivity contribution in [1.29, 1.82) is 0 Å². The molecule has 31 heavy (non-hydrogen) atoms. The van der Waals surface area contributed by atoms with E-state index in [1.54, 1.807) is 19.1 Å². The van der Waals surface area contributed by atoms with Crippen molar-refractivity contribution in [2.75, 3.05) is 5.32 Å². The molecule has 0 bridgehead atoms. The lowest BCUT2D eigenvalue weighted by atomic mass is 9.86. The number of carboxylic acid groups (broad SMARTS) is 1. The van der Waals surface area contributed by atoms with Crippen LogP contribution in [0.15, 0.2) is 29.1 Å². The number of ether oxygens (including phenoxy) is 1. The van der Waals surface area contributed by atoms with Gasteiger partial charge in [0.1, 0.15) is 12.4 Å². The van der Waals surface area contributed by atoms with Crippen molar-refractivity contribution in [2.45, 2.75) is 32.1 Å². The fourth-order valence-electron chi connectivity index (χ4n) is 4.22. The molecule has 0 saturated carbocycles. The lowest BCUT2D eigenvalue weighted by molar-refractivity contribution is -0.172. The molecule has 2 aliphatic heterocycles. The number of anilines is 1. The summed E-state index contributed by atoms with van der Waals surface area (Å²) >= 11 is 0. The van der Waals surface area contributed by atoms with Crippen molar-refractivity contribution < 1.29 is 28.9 Å². The molecule has 0 aliphatic carbocycles. The van der Waals surface area contributed by atoms with E-state index >= 15 is 0 Å². The molecule has 5 rings (SSSR count). The molecular formula is C21H16FN3O6. The van der Waals surface area contributed by atoms with Crippen LogP contribution in [0.2, 0.25) is 0 Å². The summed E-state index contributed by atoms with van der Waals surface area (Å²) in [6.45, 7) is 1.58. The first-order valence-electron chi connectivity index (χ1n) is 9.53. The number of nitrogens with one attached hydrogen (secondary N) is 1. The number of hydrogen-bond donors (Lipinski definition) is 3. The van der Waals surface area contributed by atoms with Crippen LogP contribution in [0.1, 0.15) is 30.0 Å². The monoisotopic (exact) mass is 425 g/mol. The summed E-state index contributed by atoms with van der Waals surface area (Å²) in [5, 5.41) is 22.2. The first kappa shape index (κ1) is 19.2. The molecule has 0 fully saturated rings. The van der Waals surface area contributed by atoms with Crippen LogP contribution in [-0.2, 0) is 28.3 Å². The third kappa shape index (κ3) is 2.65. The van der Waals surface area contributed by atoms with Gasteiger partial charge in [-0.2, -0.15) is 0 Å². The maximum atomic E-state index is 14.3. The number of amides is 1. The number of rotatable bonds is 2. The highest BCUT2D eigenvalue weighted by atomic mass is 19.1. The minimum atomic E-state index is -1.93. The van der Waals surface area contributed by atoms with Gasteiger partial charge in [0.2, 0.25) is 0 Å². The number of fused-ring (bicyclic) bond motifs is 5. The average molecular weight is 425 g/mol. The van der Waals surface area contributed by atoms with Gasteiger partial charge in [0.15, 0.2) is 5.60 Å². The van der Waals surface area contributed by atoms with Gasteiger partial charge >= 0.3 is 12.1 Å². The summed E-state index contributed by atoms with van der Waals surface area (Å²) in [5.74, 6) is -1.59. The molecule has 4 heterocycles. The standard InChI is InChI=1S/C21H16FN3O6/c1-2-21(30)12-5-16-17-10(7-25(16)18(26)11(12)8-31-19(21)27)3-9-4-15(24-20(28)29)13(22)6-14(9)23-17/h3-6,24,30H,2,7-8H2,1H3,(H,28,29)/t21-/m0/s1. The second kappa shape index (κ2) is 6.35. The van der Waals surface area contributed by atoms with Gasteiger partial charge in [-0.05, 0) is 24.6 Å². The van der Waals surface area contributed by atoms with E-state index in [0.717, 1.165) is 6.07 Å². The summed E-state index contributed by atoms with van der Waals surface area (Å²) in [6.07, 6.45) is -1.36. The summed E-state index contributed by atoms with van der Waals surface area (Å²) in [7, 11) is 0. The Kier molecular flexibility index (Phi) is 3.93. The highest BCUT2D eigenvalue weighted by Crippen LogP contribution is 2.39. The molecule has 158 valence electrons. The van der Waals surface area contributed by atoms with E-state index in [2.05, 4.69) is 4.98 Å². The lowest BCUT2D eigenvalue weighted by Crippen LogP contribution is -2.44. The van der Waals surface area contributed by atoms with E-state index in [9.17, 15) is 23.9 Å². The third-order valence-corrected chi connectivity index (χ3v) is 5.84. The number of nitrogens with zero attached hydrogens (tertiary/aromatic N) is 2. The Morgan fingerprint density at radius 3 is 2.81 bits per heavy atom. The van der Waals surface area contributed by atoms with Crippen LogP contribution in [0.25, 0.3) is 22.3 Å². The Morgan fingerprint density at radius 2 is 2.10 bits per heavy atom. The van der Waals surface area contributed by atoms with Crippen molar-refractivity contribution in [3.8, 4) is 11.4 Å². The molecule has 1 amide bonds. The fourth-order valence-corrected chi connectivity index (χ4v) is 4.22. The second-order valence-corrected chi connectivity index (χ2v) is 7.55. The zero-order valence-electron chi connectivity index (χ0n) is 16.2. The molecule has 0 radical (unpaired) electrons.